The highest BCUT2D eigenvalue weighted by Crippen LogP contribution is 2.43. The summed E-state index contributed by atoms with van der Waals surface area (Å²) >= 11 is 0. The van der Waals surface area contributed by atoms with Crippen LogP contribution in [-0.4, -0.2) is 31.2 Å². The number of halogens is 1. The quantitative estimate of drug-likeness (QED) is 0.821. The maximum atomic E-state index is 5.65. The van der Waals surface area contributed by atoms with Crippen LogP contribution in [0.2, 0.25) is 0 Å². The van der Waals surface area contributed by atoms with Crippen LogP contribution in [-0.2, 0) is 10.3 Å². The predicted octanol–water partition coefficient (Wildman–Crippen LogP) is 4.38. The van der Waals surface area contributed by atoms with E-state index in [9.17, 15) is 0 Å². The molecule has 1 heterocycles. The van der Waals surface area contributed by atoms with Crippen molar-refractivity contribution in [2.24, 2.45) is 0 Å². The van der Waals surface area contributed by atoms with Gasteiger partial charge >= 0.3 is 0 Å². The first kappa shape index (κ1) is 16.8. The van der Waals surface area contributed by atoms with E-state index in [0.29, 0.717) is 6.10 Å². The fourth-order valence-electron chi connectivity index (χ4n) is 4.19. The summed E-state index contributed by atoms with van der Waals surface area (Å²) < 4.78 is 5.65. The van der Waals surface area contributed by atoms with Gasteiger partial charge in [0.2, 0.25) is 0 Å². The van der Waals surface area contributed by atoms with E-state index >= 15 is 0 Å². The molecule has 0 radical (unpaired) electrons. The van der Waals surface area contributed by atoms with Gasteiger partial charge in [0.25, 0.3) is 0 Å². The zero-order valence-corrected chi connectivity index (χ0v) is 13.9. The summed E-state index contributed by atoms with van der Waals surface area (Å²) in [5, 5.41) is 0. The van der Waals surface area contributed by atoms with Gasteiger partial charge in [-0.25, -0.2) is 0 Å². The second-order valence-electron chi connectivity index (χ2n) is 6.40. The zero-order valence-electron chi connectivity index (χ0n) is 13.1. The molecular formula is C18H28ClNO. The van der Waals surface area contributed by atoms with Crippen LogP contribution in [0, 0.1) is 0 Å². The Morgan fingerprint density at radius 2 is 1.76 bits per heavy atom. The second kappa shape index (κ2) is 7.62. The number of likely N-dealkylation sites (tertiary alicyclic amines) is 1. The van der Waals surface area contributed by atoms with Crippen LogP contribution < -0.4 is 0 Å². The van der Waals surface area contributed by atoms with Crippen molar-refractivity contribution in [2.75, 3.05) is 20.2 Å². The lowest BCUT2D eigenvalue weighted by atomic mass is 9.74. The van der Waals surface area contributed by atoms with Gasteiger partial charge in [-0.3, -0.25) is 4.90 Å². The van der Waals surface area contributed by atoms with E-state index < -0.39 is 0 Å². The average molecular weight is 310 g/mol. The summed E-state index contributed by atoms with van der Waals surface area (Å²) in [5.41, 5.74) is 1.80. The summed E-state index contributed by atoms with van der Waals surface area (Å²) in [7, 11) is 1.87. The molecule has 2 fully saturated rings. The largest absolute Gasteiger partial charge is 0.380 e. The van der Waals surface area contributed by atoms with Gasteiger partial charge in [0.05, 0.1) is 6.10 Å². The Balaban J connectivity index is 0.00000161. The highest BCUT2D eigenvalue weighted by Gasteiger charge is 2.41. The standard InChI is InChI=1S/C18H27NO.ClH/c1-20-17-11-8-14-19(15-17)18(12-6-3-7-13-18)16-9-4-2-5-10-16;/h2,4-5,9-10,17H,3,6-8,11-15H2,1H3;1H. The van der Waals surface area contributed by atoms with Crippen LogP contribution in [0.15, 0.2) is 30.3 Å². The van der Waals surface area contributed by atoms with Gasteiger partial charge in [-0.15, -0.1) is 12.4 Å². The van der Waals surface area contributed by atoms with Crippen molar-refractivity contribution in [3.63, 3.8) is 0 Å². The van der Waals surface area contributed by atoms with Crippen molar-refractivity contribution < 1.29 is 4.74 Å². The van der Waals surface area contributed by atoms with Crippen LogP contribution in [0.4, 0.5) is 0 Å². The molecule has 0 spiro atoms. The molecule has 21 heavy (non-hydrogen) atoms. The third-order valence-electron chi connectivity index (χ3n) is 5.31. The number of rotatable bonds is 3. The molecule has 1 aliphatic heterocycles. The van der Waals surface area contributed by atoms with Gasteiger partial charge in [-0.1, -0.05) is 49.6 Å². The highest BCUT2D eigenvalue weighted by molar-refractivity contribution is 5.85. The highest BCUT2D eigenvalue weighted by atomic mass is 35.5. The molecule has 1 aromatic rings. The predicted molar refractivity (Wildman–Crippen MR) is 90.1 cm³/mol. The van der Waals surface area contributed by atoms with Crippen LogP contribution in [0.25, 0.3) is 0 Å². The fourth-order valence-corrected chi connectivity index (χ4v) is 4.19. The topological polar surface area (TPSA) is 12.5 Å². The lowest BCUT2D eigenvalue weighted by molar-refractivity contribution is -0.0367. The normalized spacial score (nSPS) is 26.0. The molecule has 1 atom stereocenters. The van der Waals surface area contributed by atoms with Gasteiger partial charge < -0.3 is 4.74 Å². The van der Waals surface area contributed by atoms with Gasteiger partial charge in [-0.05, 0) is 37.8 Å². The number of hydrogen-bond acceptors (Lipinski definition) is 2. The van der Waals surface area contributed by atoms with Crippen molar-refractivity contribution in [1.82, 2.24) is 4.90 Å². The molecule has 3 heteroatoms. The molecule has 118 valence electrons. The van der Waals surface area contributed by atoms with Crippen molar-refractivity contribution in [1.29, 1.82) is 0 Å². The first-order chi connectivity index (χ1) is 9.85. The van der Waals surface area contributed by atoms with E-state index in [1.165, 1.54) is 57.1 Å². The maximum absolute atomic E-state index is 5.65. The van der Waals surface area contributed by atoms with E-state index in [1.54, 1.807) is 0 Å². The molecule has 1 aliphatic carbocycles. The van der Waals surface area contributed by atoms with Crippen molar-refractivity contribution in [2.45, 2.75) is 56.6 Å². The van der Waals surface area contributed by atoms with Gasteiger partial charge in [0.15, 0.2) is 0 Å². The van der Waals surface area contributed by atoms with Crippen molar-refractivity contribution in [3.05, 3.63) is 35.9 Å². The Kier molecular flexibility index (Phi) is 6.09. The van der Waals surface area contributed by atoms with E-state index in [0.717, 1.165) is 6.54 Å². The maximum Gasteiger partial charge on any atom is 0.0699 e. The molecule has 3 rings (SSSR count). The molecule has 1 saturated heterocycles. The number of ether oxygens (including phenoxy) is 1. The number of methoxy groups -OCH3 is 1. The monoisotopic (exact) mass is 309 g/mol. The van der Waals surface area contributed by atoms with Gasteiger partial charge in [0, 0.05) is 19.2 Å². The van der Waals surface area contributed by atoms with E-state index in [4.69, 9.17) is 4.74 Å². The van der Waals surface area contributed by atoms with Crippen LogP contribution in [0.5, 0.6) is 0 Å². The van der Waals surface area contributed by atoms with Crippen molar-refractivity contribution in [3.8, 4) is 0 Å². The molecule has 0 aromatic heterocycles. The van der Waals surface area contributed by atoms with E-state index in [-0.39, 0.29) is 17.9 Å². The number of hydrogen-bond donors (Lipinski definition) is 0. The summed E-state index contributed by atoms with van der Waals surface area (Å²) in [5.74, 6) is 0. The Hall–Kier alpha value is -0.570. The summed E-state index contributed by atoms with van der Waals surface area (Å²) in [6.07, 6.45) is 9.67. The smallest absolute Gasteiger partial charge is 0.0699 e. The van der Waals surface area contributed by atoms with Crippen LogP contribution in [0.1, 0.15) is 50.5 Å². The molecule has 1 aromatic carbocycles. The van der Waals surface area contributed by atoms with E-state index in [2.05, 4.69) is 35.2 Å². The Morgan fingerprint density at radius 1 is 1.05 bits per heavy atom. The Bertz CT molecular complexity index is 416. The van der Waals surface area contributed by atoms with Crippen molar-refractivity contribution >= 4 is 12.4 Å². The van der Waals surface area contributed by atoms with Crippen LogP contribution >= 0.6 is 12.4 Å². The minimum Gasteiger partial charge on any atom is -0.380 e. The van der Waals surface area contributed by atoms with Gasteiger partial charge in [0.1, 0.15) is 0 Å². The molecule has 2 aliphatic rings. The zero-order chi connectivity index (χ0) is 13.8. The number of piperidine rings is 1. The van der Waals surface area contributed by atoms with E-state index in [1.807, 2.05) is 7.11 Å². The first-order valence-electron chi connectivity index (χ1n) is 8.18. The second-order valence-corrected chi connectivity index (χ2v) is 6.40. The SMILES string of the molecule is COC1CCCN(C2(c3ccccc3)CCCCC2)C1.Cl. The Morgan fingerprint density at radius 3 is 2.43 bits per heavy atom. The lowest BCUT2D eigenvalue weighted by Crippen LogP contribution is -2.53. The third kappa shape index (κ3) is 3.44. The average Bonchev–Trinajstić information content (AvgIpc) is 2.56. The fraction of sp³-hybridized carbons (Fsp3) is 0.667. The minimum absolute atomic E-state index is 0. The molecule has 0 amide bonds. The number of benzene rings is 1. The summed E-state index contributed by atoms with van der Waals surface area (Å²) in [6.45, 7) is 2.33. The Labute approximate surface area is 135 Å². The summed E-state index contributed by atoms with van der Waals surface area (Å²) in [4.78, 5) is 2.74. The minimum atomic E-state index is 0. The molecule has 0 bridgehead atoms. The molecule has 1 saturated carbocycles. The third-order valence-corrected chi connectivity index (χ3v) is 5.31. The number of nitrogens with zero attached hydrogens (tertiary/aromatic N) is 1. The summed E-state index contributed by atoms with van der Waals surface area (Å²) in [6, 6.07) is 11.2. The molecular weight excluding hydrogens is 282 g/mol. The van der Waals surface area contributed by atoms with Crippen LogP contribution in [0.3, 0.4) is 0 Å². The lowest BCUT2D eigenvalue weighted by Gasteiger charge is -2.50. The molecule has 2 nitrogen and oxygen atoms in total. The molecule has 0 N–H and O–H groups in total. The first-order valence-corrected chi connectivity index (χ1v) is 8.18. The molecule has 1 unspecified atom stereocenters. The van der Waals surface area contributed by atoms with Gasteiger partial charge in [-0.2, -0.15) is 0 Å².